The normalized spacial score (nSPS) is 11.1. The molecule has 0 saturated heterocycles. The number of carbonyl (C=O) groups is 1. The minimum Gasteiger partial charge on any atom is -0.493 e. The predicted molar refractivity (Wildman–Crippen MR) is 96.9 cm³/mol. The maximum atomic E-state index is 11.9. The molecule has 2 rings (SSSR count). The van der Waals surface area contributed by atoms with E-state index in [1.807, 2.05) is 26.0 Å². The van der Waals surface area contributed by atoms with Crippen LogP contribution < -0.4 is 9.47 Å². The number of hydrogen-bond acceptors (Lipinski definition) is 7. The zero-order valence-electron chi connectivity index (χ0n) is 15.0. The fourth-order valence-electron chi connectivity index (χ4n) is 2.30. The molecule has 0 aliphatic carbocycles. The van der Waals surface area contributed by atoms with Crippen LogP contribution in [0.5, 0.6) is 11.5 Å². The summed E-state index contributed by atoms with van der Waals surface area (Å²) in [6.45, 7) is 7.27. The summed E-state index contributed by atoms with van der Waals surface area (Å²) in [7, 11) is 1.58. The summed E-state index contributed by atoms with van der Waals surface area (Å²) in [4.78, 5) is 12.5. The van der Waals surface area contributed by atoms with Gasteiger partial charge in [-0.3, -0.25) is 0 Å². The van der Waals surface area contributed by atoms with Gasteiger partial charge in [-0.05, 0) is 38.3 Å². The van der Waals surface area contributed by atoms with Crippen LogP contribution in [0.3, 0.4) is 0 Å². The van der Waals surface area contributed by atoms with Gasteiger partial charge in [0.15, 0.2) is 17.8 Å². The number of fused-ring (bicyclic) bond motifs is 1. The zero-order valence-corrected chi connectivity index (χ0v) is 15.8. The first-order valence-electron chi connectivity index (χ1n) is 8.27. The van der Waals surface area contributed by atoms with Crippen molar-refractivity contribution in [3.63, 3.8) is 0 Å². The monoisotopic (exact) mass is 368 g/mol. The molecule has 0 N–H and O–H groups in total. The van der Waals surface area contributed by atoms with E-state index in [2.05, 4.69) is 0 Å². The number of hydrogen-bond donors (Lipinski definition) is 0. The summed E-state index contributed by atoms with van der Waals surface area (Å²) in [6, 6.07) is 5.50. The maximum absolute atomic E-state index is 11.9. The standard InChI is InChI=1S/C18H24O6S/c1-5-21-17(22-6-2)11-24-14-8-12-9-16(18(19)23-7-3)25-15(12)10-13(14)20-4/h8-10,17H,5-7,11H2,1-4H3. The highest BCUT2D eigenvalue weighted by Crippen LogP contribution is 2.37. The lowest BCUT2D eigenvalue weighted by atomic mass is 10.2. The van der Waals surface area contributed by atoms with Gasteiger partial charge in [-0.25, -0.2) is 4.79 Å². The molecule has 0 atom stereocenters. The second kappa shape index (κ2) is 9.60. The van der Waals surface area contributed by atoms with Gasteiger partial charge < -0.3 is 23.7 Å². The van der Waals surface area contributed by atoms with Crippen molar-refractivity contribution in [2.24, 2.45) is 0 Å². The van der Waals surface area contributed by atoms with E-state index in [1.165, 1.54) is 11.3 Å². The van der Waals surface area contributed by atoms with Crippen molar-refractivity contribution in [3.05, 3.63) is 23.1 Å². The Hall–Kier alpha value is -1.83. The van der Waals surface area contributed by atoms with Gasteiger partial charge in [0.1, 0.15) is 11.5 Å². The fraction of sp³-hybridized carbons (Fsp3) is 0.500. The lowest BCUT2D eigenvalue weighted by molar-refractivity contribution is -0.152. The average molecular weight is 368 g/mol. The number of benzene rings is 1. The third-order valence-corrected chi connectivity index (χ3v) is 4.44. The zero-order chi connectivity index (χ0) is 18.2. The third kappa shape index (κ3) is 5.07. The first kappa shape index (κ1) is 19.5. The Kier molecular flexibility index (Phi) is 7.49. The molecule has 0 spiro atoms. The second-order valence-electron chi connectivity index (χ2n) is 5.02. The lowest BCUT2D eigenvalue weighted by Gasteiger charge is -2.18. The van der Waals surface area contributed by atoms with Gasteiger partial charge >= 0.3 is 5.97 Å². The van der Waals surface area contributed by atoms with Gasteiger partial charge in [-0.2, -0.15) is 0 Å². The van der Waals surface area contributed by atoms with E-state index in [1.54, 1.807) is 20.1 Å². The highest BCUT2D eigenvalue weighted by atomic mass is 32.1. The molecule has 0 aliphatic rings. The van der Waals surface area contributed by atoms with E-state index in [-0.39, 0.29) is 12.6 Å². The molecule has 2 aromatic rings. The minimum absolute atomic E-state index is 0.248. The molecule has 1 aromatic carbocycles. The molecule has 0 amide bonds. The van der Waals surface area contributed by atoms with Crippen LogP contribution in [0.1, 0.15) is 30.4 Å². The molecule has 0 unspecified atom stereocenters. The fourth-order valence-corrected chi connectivity index (χ4v) is 3.26. The minimum atomic E-state index is -0.437. The van der Waals surface area contributed by atoms with Gasteiger partial charge in [0, 0.05) is 24.0 Å². The Morgan fingerprint density at radius 1 is 1.04 bits per heavy atom. The van der Waals surface area contributed by atoms with E-state index in [0.717, 1.165) is 10.1 Å². The predicted octanol–water partition coefficient (Wildman–Crippen LogP) is 3.86. The van der Waals surface area contributed by atoms with Crippen LogP contribution in [-0.2, 0) is 14.2 Å². The smallest absolute Gasteiger partial charge is 0.348 e. The summed E-state index contributed by atoms with van der Waals surface area (Å²) in [6.07, 6.45) is -0.437. The molecule has 1 heterocycles. The molecule has 0 saturated carbocycles. The molecule has 7 heteroatoms. The van der Waals surface area contributed by atoms with Crippen molar-refractivity contribution >= 4 is 27.4 Å². The number of ether oxygens (including phenoxy) is 5. The molecule has 0 bridgehead atoms. The van der Waals surface area contributed by atoms with Crippen LogP contribution in [0, 0.1) is 0 Å². The van der Waals surface area contributed by atoms with Gasteiger partial charge in [-0.1, -0.05) is 0 Å². The molecule has 0 fully saturated rings. The Balaban J connectivity index is 2.22. The molecular formula is C18H24O6S. The Morgan fingerprint density at radius 3 is 2.36 bits per heavy atom. The summed E-state index contributed by atoms with van der Waals surface area (Å²) in [5, 5.41) is 0.897. The number of methoxy groups -OCH3 is 1. The largest absolute Gasteiger partial charge is 0.493 e. The highest BCUT2D eigenvalue weighted by molar-refractivity contribution is 7.20. The third-order valence-electron chi connectivity index (χ3n) is 3.36. The number of rotatable bonds is 10. The van der Waals surface area contributed by atoms with Crippen molar-refractivity contribution < 1.29 is 28.5 Å². The van der Waals surface area contributed by atoms with Gasteiger partial charge in [0.05, 0.1) is 13.7 Å². The Morgan fingerprint density at radius 2 is 1.76 bits per heavy atom. The van der Waals surface area contributed by atoms with Crippen LogP contribution in [0.15, 0.2) is 18.2 Å². The van der Waals surface area contributed by atoms with Gasteiger partial charge in [-0.15, -0.1) is 11.3 Å². The van der Waals surface area contributed by atoms with Crippen LogP contribution in [0.4, 0.5) is 0 Å². The molecule has 1 aromatic heterocycles. The maximum Gasteiger partial charge on any atom is 0.348 e. The summed E-state index contributed by atoms with van der Waals surface area (Å²) >= 11 is 1.36. The first-order chi connectivity index (χ1) is 12.1. The summed E-state index contributed by atoms with van der Waals surface area (Å²) < 4.78 is 28.2. The van der Waals surface area contributed by atoms with E-state index < -0.39 is 6.29 Å². The van der Waals surface area contributed by atoms with Crippen molar-refractivity contribution in [2.45, 2.75) is 27.1 Å². The van der Waals surface area contributed by atoms with Crippen LogP contribution in [-0.4, -0.2) is 45.8 Å². The highest BCUT2D eigenvalue weighted by Gasteiger charge is 2.16. The van der Waals surface area contributed by atoms with Gasteiger partial charge in [0.2, 0.25) is 0 Å². The van der Waals surface area contributed by atoms with Crippen molar-refractivity contribution in [2.75, 3.05) is 33.5 Å². The van der Waals surface area contributed by atoms with E-state index >= 15 is 0 Å². The van der Waals surface area contributed by atoms with Crippen LogP contribution in [0.2, 0.25) is 0 Å². The molecule has 138 valence electrons. The Bertz CT molecular complexity index is 690. The van der Waals surface area contributed by atoms with Crippen molar-refractivity contribution in [1.29, 1.82) is 0 Å². The quantitative estimate of drug-likeness (QED) is 0.469. The average Bonchev–Trinajstić information content (AvgIpc) is 3.02. The number of thiophene rings is 1. The SMILES string of the molecule is CCOC(=O)c1cc2cc(OCC(OCC)OCC)c(OC)cc2s1. The summed E-state index contributed by atoms with van der Waals surface area (Å²) in [5.74, 6) is 0.849. The van der Waals surface area contributed by atoms with Crippen molar-refractivity contribution in [1.82, 2.24) is 0 Å². The first-order valence-corrected chi connectivity index (χ1v) is 9.09. The lowest BCUT2D eigenvalue weighted by Crippen LogP contribution is -2.25. The number of carbonyl (C=O) groups excluding carboxylic acids is 1. The van der Waals surface area contributed by atoms with Crippen molar-refractivity contribution in [3.8, 4) is 11.5 Å². The second-order valence-corrected chi connectivity index (χ2v) is 6.11. The van der Waals surface area contributed by atoms with Crippen LogP contribution >= 0.6 is 11.3 Å². The molecule has 0 aliphatic heterocycles. The molecular weight excluding hydrogens is 344 g/mol. The van der Waals surface area contributed by atoms with E-state index in [0.29, 0.717) is 36.2 Å². The van der Waals surface area contributed by atoms with Gasteiger partial charge in [0.25, 0.3) is 0 Å². The molecule has 6 nitrogen and oxygen atoms in total. The molecule has 0 radical (unpaired) electrons. The van der Waals surface area contributed by atoms with E-state index in [4.69, 9.17) is 23.7 Å². The topological polar surface area (TPSA) is 63.2 Å². The van der Waals surface area contributed by atoms with E-state index in [9.17, 15) is 4.79 Å². The summed E-state index contributed by atoms with van der Waals surface area (Å²) in [5.41, 5.74) is 0. The Labute approximate surface area is 151 Å². The van der Waals surface area contributed by atoms with Crippen LogP contribution in [0.25, 0.3) is 10.1 Å². The number of esters is 1. The molecule has 25 heavy (non-hydrogen) atoms.